The fraction of sp³-hybridized carbons (Fsp3) is 0.400. The molecule has 0 radical (unpaired) electrons. The first-order chi connectivity index (χ1) is 11.4. The third-order valence-electron chi connectivity index (χ3n) is 1.89. The molecule has 0 aliphatic heterocycles. The van der Waals surface area contributed by atoms with Crippen molar-refractivity contribution in [3.05, 3.63) is 38.0 Å². The summed E-state index contributed by atoms with van der Waals surface area (Å²) in [5.41, 5.74) is 15.2. The smallest absolute Gasteiger partial charge is 0.243 e. The predicted octanol–water partition coefficient (Wildman–Crippen LogP) is -0.993. The molecular formula is C15H33Cl3N6O3. The lowest BCUT2D eigenvalue weighted by molar-refractivity contribution is -0.117. The van der Waals surface area contributed by atoms with Crippen molar-refractivity contribution in [1.82, 2.24) is 16.0 Å². The molecule has 0 saturated heterocycles. The number of hydrogen-bond acceptors (Lipinski definition) is 6. The second kappa shape index (κ2) is 35.5. The van der Waals surface area contributed by atoms with E-state index in [0.29, 0.717) is 39.3 Å². The number of carbonyl (C=O) groups excluding carboxylic acids is 3. The highest BCUT2D eigenvalue weighted by molar-refractivity contribution is 5.87. The molecule has 0 unspecified atom stereocenters. The van der Waals surface area contributed by atoms with E-state index >= 15 is 0 Å². The molecule has 0 saturated carbocycles. The van der Waals surface area contributed by atoms with E-state index in [2.05, 4.69) is 35.7 Å². The van der Waals surface area contributed by atoms with E-state index in [1.165, 1.54) is 18.2 Å². The maximum absolute atomic E-state index is 10.3. The van der Waals surface area contributed by atoms with Crippen LogP contribution in [-0.2, 0) is 14.4 Å². The molecule has 9 nitrogen and oxygen atoms in total. The summed E-state index contributed by atoms with van der Waals surface area (Å²) in [6.45, 7) is 12.8. The molecule has 0 aliphatic carbocycles. The van der Waals surface area contributed by atoms with Crippen molar-refractivity contribution in [1.29, 1.82) is 0 Å². The van der Waals surface area contributed by atoms with Crippen molar-refractivity contribution in [3.8, 4) is 0 Å². The van der Waals surface area contributed by atoms with Gasteiger partial charge in [0.1, 0.15) is 0 Å². The average molecular weight is 452 g/mol. The molecule has 0 atom stereocenters. The SMILES string of the molecule is C=CC(=O)NCCN.C=CC(=O)NCCN.C=CC(=O)NCCN.Cl.Cl.Cl. The Morgan fingerprint density at radius 2 is 0.778 bits per heavy atom. The van der Waals surface area contributed by atoms with Crippen molar-refractivity contribution in [2.75, 3.05) is 39.3 Å². The quantitative estimate of drug-likeness (QED) is 0.246. The minimum atomic E-state index is -0.171. The molecular weight excluding hydrogens is 419 g/mol. The third kappa shape index (κ3) is 45.5. The zero-order valence-electron chi connectivity index (χ0n) is 15.3. The zero-order valence-corrected chi connectivity index (χ0v) is 17.7. The van der Waals surface area contributed by atoms with Gasteiger partial charge in [0.25, 0.3) is 0 Å². The van der Waals surface area contributed by atoms with E-state index in [0.717, 1.165) is 0 Å². The second-order valence-electron chi connectivity index (χ2n) is 3.85. The van der Waals surface area contributed by atoms with E-state index in [9.17, 15) is 14.4 Å². The summed E-state index contributed by atoms with van der Waals surface area (Å²) < 4.78 is 0. The highest BCUT2D eigenvalue weighted by atomic mass is 35.5. The number of nitrogens with one attached hydrogen (secondary N) is 3. The number of amides is 3. The van der Waals surface area contributed by atoms with Crippen LogP contribution in [0.15, 0.2) is 38.0 Å². The first-order valence-corrected chi connectivity index (χ1v) is 7.24. The fourth-order valence-corrected chi connectivity index (χ4v) is 0.803. The van der Waals surface area contributed by atoms with Gasteiger partial charge in [-0.1, -0.05) is 19.7 Å². The Morgan fingerprint density at radius 1 is 0.593 bits per heavy atom. The summed E-state index contributed by atoms with van der Waals surface area (Å²) in [6.07, 6.45) is 3.65. The van der Waals surface area contributed by atoms with Crippen molar-refractivity contribution in [2.24, 2.45) is 17.2 Å². The second-order valence-corrected chi connectivity index (χ2v) is 3.85. The van der Waals surface area contributed by atoms with Gasteiger partial charge in [0.2, 0.25) is 17.7 Å². The van der Waals surface area contributed by atoms with Gasteiger partial charge in [-0.15, -0.1) is 37.2 Å². The normalized spacial score (nSPS) is 7.22. The minimum Gasteiger partial charge on any atom is -0.351 e. The first kappa shape index (κ1) is 40.2. The van der Waals surface area contributed by atoms with Crippen LogP contribution in [0.25, 0.3) is 0 Å². The molecule has 0 aromatic carbocycles. The van der Waals surface area contributed by atoms with Crippen LogP contribution in [-0.4, -0.2) is 57.0 Å². The zero-order chi connectivity index (χ0) is 19.2. The summed E-state index contributed by atoms with van der Waals surface area (Å²) >= 11 is 0. The Bertz CT molecular complexity index is 342. The highest BCUT2D eigenvalue weighted by Crippen LogP contribution is 1.63. The highest BCUT2D eigenvalue weighted by Gasteiger charge is 1.88. The molecule has 12 heteroatoms. The fourth-order valence-electron chi connectivity index (χ4n) is 0.803. The van der Waals surface area contributed by atoms with Gasteiger partial charge in [-0.3, -0.25) is 14.4 Å². The van der Waals surface area contributed by atoms with Gasteiger partial charge in [0.05, 0.1) is 0 Å². The molecule has 0 rings (SSSR count). The molecule has 0 aromatic heterocycles. The summed E-state index contributed by atoms with van der Waals surface area (Å²) in [5, 5.41) is 7.50. The molecule has 0 fully saturated rings. The van der Waals surface area contributed by atoms with Crippen LogP contribution in [0, 0.1) is 0 Å². The predicted molar refractivity (Wildman–Crippen MR) is 119 cm³/mol. The van der Waals surface area contributed by atoms with Crippen molar-refractivity contribution >= 4 is 54.9 Å². The van der Waals surface area contributed by atoms with Crippen LogP contribution >= 0.6 is 37.2 Å². The van der Waals surface area contributed by atoms with Crippen LogP contribution in [0.2, 0.25) is 0 Å². The van der Waals surface area contributed by atoms with Gasteiger partial charge >= 0.3 is 0 Å². The van der Waals surface area contributed by atoms with E-state index in [4.69, 9.17) is 17.2 Å². The number of hydrogen-bond donors (Lipinski definition) is 6. The molecule has 0 spiro atoms. The van der Waals surface area contributed by atoms with Crippen molar-refractivity contribution in [2.45, 2.75) is 0 Å². The Morgan fingerprint density at radius 3 is 0.889 bits per heavy atom. The van der Waals surface area contributed by atoms with Crippen molar-refractivity contribution in [3.63, 3.8) is 0 Å². The Balaban J connectivity index is -0.0000000580. The lowest BCUT2D eigenvalue weighted by Crippen LogP contribution is -2.27. The summed E-state index contributed by atoms with van der Waals surface area (Å²) in [7, 11) is 0. The van der Waals surface area contributed by atoms with E-state index in [1.807, 2.05) is 0 Å². The standard InChI is InChI=1S/3C5H10N2O.3ClH/c3*1-2-5(8)7-4-3-6;;;/h3*2H,1,3-4,6H2,(H,7,8);3*1H. The van der Waals surface area contributed by atoms with Gasteiger partial charge < -0.3 is 33.2 Å². The van der Waals surface area contributed by atoms with E-state index < -0.39 is 0 Å². The maximum Gasteiger partial charge on any atom is 0.243 e. The number of halogens is 3. The third-order valence-corrected chi connectivity index (χ3v) is 1.89. The molecule has 0 bridgehead atoms. The van der Waals surface area contributed by atoms with Gasteiger partial charge in [-0.2, -0.15) is 0 Å². The molecule has 0 heterocycles. The molecule has 162 valence electrons. The first-order valence-electron chi connectivity index (χ1n) is 7.24. The molecule has 0 aliphatic rings. The topological polar surface area (TPSA) is 165 Å². The van der Waals surface area contributed by atoms with Crippen LogP contribution in [0.4, 0.5) is 0 Å². The number of nitrogens with two attached hydrogens (primary N) is 3. The monoisotopic (exact) mass is 450 g/mol. The number of carbonyl (C=O) groups is 3. The lowest BCUT2D eigenvalue weighted by atomic mass is 10.5. The van der Waals surface area contributed by atoms with Crippen LogP contribution in [0.3, 0.4) is 0 Å². The van der Waals surface area contributed by atoms with E-state index in [1.54, 1.807) is 0 Å². The maximum atomic E-state index is 10.3. The van der Waals surface area contributed by atoms with Crippen molar-refractivity contribution < 1.29 is 14.4 Å². The van der Waals surface area contributed by atoms with E-state index in [-0.39, 0.29) is 54.9 Å². The average Bonchev–Trinajstić information content (AvgIpc) is 2.62. The van der Waals surface area contributed by atoms with Gasteiger partial charge in [0.15, 0.2) is 0 Å². The largest absolute Gasteiger partial charge is 0.351 e. The Hall–Kier alpha value is -1.62. The van der Waals surface area contributed by atoms with Gasteiger partial charge in [-0.05, 0) is 18.2 Å². The summed E-state index contributed by atoms with van der Waals surface area (Å²) in [6, 6.07) is 0. The molecule has 27 heavy (non-hydrogen) atoms. The van der Waals surface area contributed by atoms with Crippen LogP contribution in [0.5, 0.6) is 0 Å². The lowest BCUT2D eigenvalue weighted by Gasteiger charge is -1.94. The molecule has 0 aromatic rings. The summed E-state index contributed by atoms with van der Waals surface area (Å²) in [4.78, 5) is 30.9. The molecule has 3 amide bonds. The Kier molecular flexibility index (Phi) is 52.8. The summed E-state index contributed by atoms with van der Waals surface area (Å²) in [5.74, 6) is -0.513. The Labute approximate surface area is 179 Å². The van der Waals surface area contributed by atoms with Gasteiger partial charge in [0, 0.05) is 39.3 Å². The number of rotatable bonds is 9. The minimum absolute atomic E-state index is 0. The van der Waals surface area contributed by atoms with Gasteiger partial charge in [-0.25, -0.2) is 0 Å². The van der Waals surface area contributed by atoms with Crippen LogP contribution in [0.1, 0.15) is 0 Å². The molecule has 9 N–H and O–H groups in total. The van der Waals surface area contributed by atoms with Crippen LogP contribution < -0.4 is 33.2 Å².